The number of nitrogens with zero attached hydrogens (tertiary/aromatic N) is 1. The van der Waals surface area contributed by atoms with Gasteiger partial charge in [-0.3, -0.25) is 0 Å². The summed E-state index contributed by atoms with van der Waals surface area (Å²) < 4.78 is 5.21. The van der Waals surface area contributed by atoms with E-state index in [4.69, 9.17) is 10.5 Å². The second-order valence-electron chi connectivity index (χ2n) is 5.00. The van der Waals surface area contributed by atoms with Crippen molar-refractivity contribution in [3.05, 3.63) is 18.2 Å². The average molecular weight is 248 g/mol. The highest BCUT2D eigenvalue weighted by Gasteiger charge is 2.21. The van der Waals surface area contributed by atoms with Gasteiger partial charge in [-0.15, -0.1) is 0 Å². The SMILES string of the molecule is CCN(c1ccc(OC)cc1N)C1CCCCC1. The highest BCUT2D eigenvalue weighted by atomic mass is 16.5. The number of nitrogen functional groups attached to an aromatic ring is 1. The molecule has 18 heavy (non-hydrogen) atoms. The molecule has 0 radical (unpaired) electrons. The molecule has 0 aliphatic heterocycles. The molecular formula is C15H24N2O. The van der Waals surface area contributed by atoms with Gasteiger partial charge in [-0.25, -0.2) is 0 Å². The number of anilines is 2. The fourth-order valence-corrected chi connectivity index (χ4v) is 2.94. The third-order valence-corrected chi connectivity index (χ3v) is 3.90. The Morgan fingerprint density at radius 2 is 2.00 bits per heavy atom. The molecule has 0 aromatic heterocycles. The van der Waals surface area contributed by atoms with Crippen LogP contribution in [0.2, 0.25) is 0 Å². The van der Waals surface area contributed by atoms with E-state index < -0.39 is 0 Å². The molecule has 2 rings (SSSR count). The Labute approximate surface area is 110 Å². The molecule has 0 saturated heterocycles. The average Bonchev–Trinajstić information content (AvgIpc) is 2.42. The van der Waals surface area contributed by atoms with Gasteiger partial charge in [-0.2, -0.15) is 0 Å². The van der Waals surface area contributed by atoms with Gasteiger partial charge in [-0.05, 0) is 31.9 Å². The Hall–Kier alpha value is -1.38. The first-order chi connectivity index (χ1) is 8.76. The Kier molecular flexibility index (Phi) is 4.34. The van der Waals surface area contributed by atoms with Crippen LogP contribution in [0.3, 0.4) is 0 Å². The van der Waals surface area contributed by atoms with E-state index >= 15 is 0 Å². The first-order valence-electron chi connectivity index (χ1n) is 6.96. The van der Waals surface area contributed by atoms with E-state index in [0.717, 1.165) is 23.7 Å². The minimum Gasteiger partial charge on any atom is -0.497 e. The van der Waals surface area contributed by atoms with E-state index in [1.807, 2.05) is 12.1 Å². The Morgan fingerprint density at radius 1 is 1.28 bits per heavy atom. The van der Waals surface area contributed by atoms with Crippen LogP contribution in [0.25, 0.3) is 0 Å². The molecule has 1 aromatic rings. The standard InChI is InChI=1S/C15H24N2O/c1-3-17(12-7-5-4-6-8-12)15-10-9-13(18-2)11-14(15)16/h9-12H,3-8,16H2,1-2H3. The summed E-state index contributed by atoms with van der Waals surface area (Å²) in [4.78, 5) is 2.45. The molecule has 0 spiro atoms. The Bertz CT molecular complexity index is 386. The second kappa shape index (κ2) is 5.98. The zero-order chi connectivity index (χ0) is 13.0. The summed E-state index contributed by atoms with van der Waals surface area (Å²) in [6.45, 7) is 3.22. The Morgan fingerprint density at radius 3 is 2.56 bits per heavy atom. The molecule has 3 heteroatoms. The van der Waals surface area contributed by atoms with Crippen molar-refractivity contribution in [3.63, 3.8) is 0 Å². The summed E-state index contributed by atoms with van der Waals surface area (Å²) in [7, 11) is 1.67. The molecule has 0 unspecified atom stereocenters. The van der Waals surface area contributed by atoms with Crippen LogP contribution in [-0.2, 0) is 0 Å². The zero-order valence-electron chi connectivity index (χ0n) is 11.5. The van der Waals surface area contributed by atoms with Gasteiger partial charge < -0.3 is 15.4 Å². The van der Waals surface area contributed by atoms with Gasteiger partial charge >= 0.3 is 0 Å². The van der Waals surface area contributed by atoms with E-state index in [1.165, 1.54) is 32.1 Å². The van der Waals surface area contributed by atoms with Gasteiger partial charge in [0, 0.05) is 18.7 Å². The number of hydrogen-bond acceptors (Lipinski definition) is 3. The van der Waals surface area contributed by atoms with Crippen LogP contribution in [-0.4, -0.2) is 19.7 Å². The fourth-order valence-electron chi connectivity index (χ4n) is 2.94. The number of rotatable bonds is 4. The maximum absolute atomic E-state index is 6.16. The van der Waals surface area contributed by atoms with Crippen molar-refractivity contribution in [3.8, 4) is 5.75 Å². The van der Waals surface area contributed by atoms with E-state index in [2.05, 4.69) is 17.9 Å². The molecule has 1 fully saturated rings. The van der Waals surface area contributed by atoms with Crippen LogP contribution in [0.5, 0.6) is 5.75 Å². The summed E-state index contributed by atoms with van der Waals surface area (Å²) in [6, 6.07) is 6.66. The molecule has 0 amide bonds. The van der Waals surface area contributed by atoms with Crippen molar-refractivity contribution in [2.45, 2.75) is 45.1 Å². The predicted octanol–water partition coefficient (Wildman–Crippen LogP) is 3.44. The third-order valence-electron chi connectivity index (χ3n) is 3.90. The highest BCUT2D eigenvalue weighted by molar-refractivity contribution is 5.70. The summed E-state index contributed by atoms with van der Waals surface area (Å²) >= 11 is 0. The van der Waals surface area contributed by atoms with E-state index in [1.54, 1.807) is 7.11 Å². The molecule has 3 nitrogen and oxygen atoms in total. The topological polar surface area (TPSA) is 38.5 Å². The lowest BCUT2D eigenvalue weighted by Gasteiger charge is -2.36. The normalized spacial score (nSPS) is 16.6. The number of ether oxygens (including phenoxy) is 1. The van der Waals surface area contributed by atoms with Gasteiger partial charge in [0.25, 0.3) is 0 Å². The molecule has 0 atom stereocenters. The first-order valence-corrected chi connectivity index (χ1v) is 6.96. The quantitative estimate of drug-likeness (QED) is 0.830. The molecule has 2 N–H and O–H groups in total. The number of nitrogens with two attached hydrogens (primary N) is 1. The highest BCUT2D eigenvalue weighted by Crippen LogP contribution is 2.32. The lowest BCUT2D eigenvalue weighted by Crippen LogP contribution is -2.37. The van der Waals surface area contributed by atoms with Crippen LogP contribution < -0.4 is 15.4 Å². The number of benzene rings is 1. The molecule has 0 heterocycles. The van der Waals surface area contributed by atoms with Gasteiger partial charge in [0.2, 0.25) is 0 Å². The third kappa shape index (κ3) is 2.71. The molecule has 1 aliphatic carbocycles. The molecule has 1 saturated carbocycles. The van der Waals surface area contributed by atoms with Gasteiger partial charge in [0.05, 0.1) is 18.5 Å². The molecule has 1 aromatic carbocycles. The number of methoxy groups -OCH3 is 1. The van der Waals surface area contributed by atoms with Crippen molar-refractivity contribution in [2.75, 3.05) is 24.3 Å². The minimum absolute atomic E-state index is 0.652. The molecule has 100 valence electrons. The van der Waals surface area contributed by atoms with Gasteiger partial charge in [0.1, 0.15) is 5.75 Å². The van der Waals surface area contributed by atoms with Crippen molar-refractivity contribution >= 4 is 11.4 Å². The van der Waals surface area contributed by atoms with Gasteiger partial charge in [0.15, 0.2) is 0 Å². The monoisotopic (exact) mass is 248 g/mol. The van der Waals surface area contributed by atoms with Crippen LogP contribution in [0.15, 0.2) is 18.2 Å². The second-order valence-corrected chi connectivity index (χ2v) is 5.00. The van der Waals surface area contributed by atoms with E-state index in [9.17, 15) is 0 Å². The fraction of sp³-hybridized carbons (Fsp3) is 0.600. The van der Waals surface area contributed by atoms with E-state index in [0.29, 0.717) is 6.04 Å². The summed E-state index contributed by atoms with van der Waals surface area (Å²) in [5.41, 5.74) is 8.14. The maximum atomic E-state index is 6.16. The predicted molar refractivity (Wildman–Crippen MR) is 77.3 cm³/mol. The van der Waals surface area contributed by atoms with Crippen LogP contribution in [0.4, 0.5) is 11.4 Å². The van der Waals surface area contributed by atoms with Crippen LogP contribution in [0, 0.1) is 0 Å². The maximum Gasteiger partial charge on any atom is 0.121 e. The summed E-state index contributed by atoms with van der Waals surface area (Å²) in [5.74, 6) is 0.830. The molecule has 0 bridgehead atoms. The first kappa shape index (κ1) is 13.1. The lowest BCUT2D eigenvalue weighted by molar-refractivity contribution is 0.413. The van der Waals surface area contributed by atoms with Crippen molar-refractivity contribution in [2.24, 2.45) is 0 Å². The van der Waals surface area contributed by atoms with Gasteiger partial charge in [-0.1, -0.05) is 19.3 Å². The zero-order valence-corrected chi connectivity index (χ0v) is 11.5. The summed E-state index contributed by atoms with van der Waals surface area (Å²) in [6.07, 6.45) is 6.65. The van der Waals surface area contributed by atoms with E-state index in [-0.39, 0.29) is 0 Å². The van der Waals surface area contributed by atoms with Crippen molar-refractivity contribution in [1.29, 1.82) is 0 Å². The van der Waals surface area contributed by atoms with Crippen LogP contribution >= 0.6 is 0 Å². The van der Waals surface area contributed by atoms with Crippen molar-refractivity contribution in [1.82, 2.24) is 0 Å². The summed E-state index contributed by atoms with van der Waals surface area (Å²) in [5, 5.41) is 0. The number of hydrogen-bond donors (Lipinski definition) is 1. The van der Waals surface area contributed by atoms with Crippen molar-refractivity contribution < 1.29 is 4.74 Å². The smallest absolute Gasteiger partial charge is 0.121 e. The largest absolute Gasteiger partial charge is 0.497 e. The van der Waals surface area contributed by atoms with Crippen LogP contribution in [0.1, 0.15) is 39.0 Å². The minimum atomic E-state index is 0.652. The molecular weight excluding hydrogens is 224 g/mol. The molecule has 1 aliphatic rings. The Balaban J connectivity index is 2.20. The lowest BCUT2D eigenvalue weighted by atomic mass is 9.93.